The van der Waals surface area contributed by atoms with Crippen LogP contribution in [-0.4, -0.2) is 14.9 Å². The molecule has 5 nitrogen and oxygen atoms in total. The van der Waals surface area contributed by atoms with Crippen LogP contribution in [0.2, 0.25) is 0 Å². The standard InChI is InChI=1S/C9H8NO4P/c11-15(12,13)9-6-8(10-14-9)7-4-2-1-3-5-7/h1-6H,(H2,11,12,13). The molecule has 2 N–H and O–H groups in total. The highest BCUT2D eigenvalue weighted by molar-refractivity contribution is 7.59. The van der Waals surface area contributed by atoms with Crippen molar-refractivity contribution < 1.29 is 18.9 Å². The fourth-order valence-corrected chi connectivity index (χ4v) is 1.59. The molecule has 0 saturated carbocycles. The van der Waals surface area contributed by atoms with Gasteiger partial charge in [-0.2, -0.15) is 0 Å². The first-order chi connectivity index (χ1) is 7.07. The van der Waals surface area contributed by atoms with Crippen molar-refractivity contribution in [3.8, 4) is 11.3 Å². The number of aromatic nitrogens is 1. The number of rotatable bonds is 2. The SMILES string of the molecule is O=P(O)(O)c1cc(-c2ccccc2)no1. The van der Waals surface area contributed by atoms with Gasteiger partial charge in [0.25, 0.3) is 0 Å². The molecule has 0 amide bonds. The molecule has 2 rings (SSSR count). The fraction of sp³-hybridized carbons (Fsp3) is 0. The molecule has 0 aliphatic heterocycles. The molecule has 1 aromatic carbocycles. The molecule has 0 aliphatic rings. The second-order valence-electron chi connectivity index (χ2n) is 2.96. The second-order valence-corrected chi connectivity index (χ2v) is 4.49. The highest BCUT2D eigenvalue weighted by Gasteiger charge is 2.23. The summed E-state index contributed by atoms with van der Waals surface area (Å²) >= 11 is 0. The van der Waals surface area contributed by atoms with Crippen molar-refractivity contribution in [3.63, 3.8) is 0 Å². The molecule has 1 heterocycles. The molecule has 1 aromatic heterocycles. The van der Waals surface area contributed by atoms with Crippen LogP contribution in [0, 0.1) is 0 Å². The summed E-state index contributed by atoms with van der Waals surface area (Å²) in [5, 5.41) is 3.59. The van der Waals surface area contributed by atoms with Crippen molar-refractivity contribution in [2.45, 2.75) is 0 Å². The summed E-state index contributed by atoms with van der Waals surface area (Å²) < 4.78 is 15.4. The van der Waals surface area contributed by atoms with E-state index in [1.54, 1.807) is 24.3 Å². The Bertz CT molecular complexity index is 502. The van der Waals surface area contributed by atoms with Gasteiger partial charge in [0.15, 0.2) is 0 Å². The van der Waals surface area contributed by atoms with Crippen LogP contribution in [0.5, 0.6) is 0 Å². The van der Waals surface area contributed by atoms with E-state index in [1.807, 2.05) is 6.07 Å². The molecule has 0 radical (unpaired) electrons. The van der Waals surface area contributed by atoms with E-state index in [4.69, 9.17) is 9.79 Å². The lowest BCUT2D eigenvalue weighted by Gasteiger charge is -1.94. The molecule has 0 bridgehead atoms. The molecule has 0 aliphatic carbocycles. The monoisotopic (exact) mass is 225 g/mol. The van der Waals surface area contributed by atoms with E-state index in [-0.39, 0.29) is 0 Å². The van der Waals surface area contributed by atoms with Crippen LogP contribution in [0.3, 0.4) is 0 Å². The van der Waals surface area contributed by atoms with Crippen LogP contribution < -0.4 is 5.50 Å². The molecular formula is C9H8NO4P. The number of hydrogen-bond donors (Lipinski definition) is 2. The minimum absolute atomic E-state index is 0.411. The Hall–Kier alpha value is -1.42. The van der Waals surface area contributed by atoms with Crippen molar-refractivity contribution in [1.29, 1.82) is 0 Å². The van der Waals surface area contributed by atoms with Crippen molar-refractivity contribution in [3.05, 3.63) is 36.4 Å². The first-order valence-corrected chi connectivity index (χ1v) is 5.77. The van der Waals surface area contributed by atoms with Gasteiger partial charge < -0.3 is 14.3 Å². The summed E-state index contributed by atoms with van der Waals surface area (Å²) in [6, 6.07) is 10.3. The van der Waals surface area contributed by atoms with Crippen LogP contribution >= 0.6 is 7.60 Å². The normalized spacial score (nSPS) is 11.6. The van der Waals surface area contributed by atoms with Gasteiger partial charge >= 0.3 is 7.60 Å². The van der Waals surface area contributed by atoms with E-state index in [9.17, 15) is 4.57 Å². The van der Waals surface area contributed by atoms with Gasteiger partial charge in [-0.1, -0.05) is 35.5 Å². The molecule has 15 heavy (non-hydrogen) atoms. The third kappa shape index (κ3) is 2.15. The summed E-state index contributed by atoms with van der Waals surface area (Å²) in [5.74, 6) is 0. The average molecular weight is 225 g/mol. The van der Waals surface area contributed by atoms with Gasteiger partial charge in [0.2, 0.25) is 5.50 Å². The summed E-state index contributed by atoms with van der Waals surface area (Å²) in [6.45, 7) is 0. The molecule has 0 spiro atoms. The first-order valence-electron chi connectivity index (χ1n) is 4.15. The predicted octanol–water partition coefficient (Wildman–Crippen LogP) is 1.14. The smallest absolute Gasteiger partial charge is 0.348 e. The lowest BCUT2D eigenvalue weighted by atomic mass is 10.2. The van der Waals surface area contributed by atoms with E-state index < -0.39 is 13.1 Å². The maximum Gasteiger partial charge on any atom is 0.394 e. The van der Waals surface area contributed by atoms with Gasteiger partial charge in [-0.3, -0.25) is 4.57 Å². The van der Waals surface area contributed by atoms with Crippen molar-refractivity contribution in [2.75, 3.05) is 0 Å². The Kier molecular flexibility index (Phi) is 2.44. The van der Waals surface area contributed by atoms with Gasteiger partial charge in [-0.05, 0) is 0 Å². The summed E-state index contributed by atoms with van der Waals surface area (Å²) in [7, 11) is -4.35. The van der Waals surface area contributed by atoms with Gasteiger partial charge in [0, 0.05) is 11.6 Å². The van der Waals surface area contributed by atoms with Crippen molar-refractivity contribution in [2.24, 2.45) is 0 Å². The molecule has 6 heteroatoms. The van der Waals surface area contributed by atoms with Crippen LogP contribution in [0.15, 0.2) is 40.9 Å². The van der Waals surface area contributed by atoms with Gasteiger partial charge in [0.05, 0.1) is 0 Å². The van der Waals surface area contributed by atoms with E-state index >= 15 is 0 Å². The molecule has 0 saturated heterocycles. The van der Waals surface area contributed by atoms with Crippen molar-refractivity contribution >= 4 is 13.1 Å². The maximum absolute atomic E-state index is 10.8. The second kappa shape index (κ2) is 3.62. The Morgan fingerprint density at radius 1 is 1.20 bits per heavy atom. The number of benzene rings is 1. The molecule has 0 unspecified atom stereocenters. The summed E-state index contributed by atoms with van der Waals surface area (Å²) in [6.07, 6.45) is 0. The Labute approximate surface area is 85.5 Å². The topological polar surface area (TPSA) is 83.6 Å². The van der Waals surface area contributed by atoms with E-state index in [1.165, 1.54) is 6.07 Å². The summed E-state index contributed by atoms with van der Waals surface area (Å²) in [4.78, 5) is 17.7. The zero-order valence-corrected chi connectivity index (χ0v) is 8.46. The van der Waals surface area contributed by atoms with E-state index in [0.717, 1.165) is 5.56 Å². The molecular weight excluding hydrogens is 217 g/mol. The third-order valence-corrected chi connectivity index (χ3v) is 2.64. The van der Waals surface area contributed by atoms with Gasteiger partial charge in [-0.15, -0.1) is 0 Å². The van der Waals surface area contributed by atoms with Crippen LogP contribution in [0.4, 0.5) is 0 Å². The Balaban J connectivity index is 2.41. The molecule has 0 atom stereocenters. The maximum atomic E-state index is 10.8. The lowest BCUT2D eigenvalue weighted by molar-refractivity contribution is 0.362. The minimum atomic E-state index is -4.35. The zero-order chi connectivity index (χ0) is 10.9. The quantitative estimate of drug-likeness (QED) is 0.749. The van der Waals surface area contributed by atoms with E-state index in [2.05, 4.69) is 9.68 Å². The average Bonchev–Trinajstić information content (AvgIpc) is 2.67. The Morgan fingerprint density at radius 2 is 1.87 bits per heavy atom. The third-order valence-electron chi connectivity index (χ3n) is 1.85. The zero-order valence-electron chi connectivity index (χ0n) is 7.57. The minimum Gasteiger partial charge on any atom is -0.348 e. The first kappa shape index (κ1) is 10.1. The van der Waals surface area contributed by atoms with Crippen LogP contribution in [0.25, 0.3) is 11.3 Å². The van der Waals surface area contributed by atoms with Gasteiger partial charge in [-0.25, -0.2) is 0 Å². The predicted molar refractivity (Wildman–Crippen MR) is 53.6 cm³/mol. The van der Waals surface area contributed by atoms with Gasteiger partial charge in [0.1, 0.15) is 5.69 Å². The largest absolute Gasteiger partial charge is 0.394 e. The molecule has 0 fully saturated rings. The highest BCUT2D eigenvalue weighted by atomic mass is 31.2. The lowest BCUT2D eigenvalue weighted by Crippen LogP contribution is -1.98. The van der Waals surface area contributed by atoms with E-state index in [0.29, 0.717) is 5.69 Å². The number of nitrogens with zero attached hydrogens (tertiary/aromatic N) is 1. The molecule has 2 aromatic rings. The number of hydrogen-bond acceptors (Lipinski definition) is 3. The molecule has 78 valence electrons. The van der Waals surface area contributed by atoms with Crippen molar-refractivity contribution in [1.82, 2.24) is 5.16 Å². The Morgan fingerprint density at radius 3 is 2.40 bits per heavy atom. The highest BCUT2D eigenvalue weighted by Crippen LogP contribution is 2.34. The summed E-state index contributed by atoms with van der Waals surface area (Å²) in [5.41, 5.74) is 0.747. The van der Waals surface area contributed by atoms with Crippen LogP contribution in [0.1, 0.15) is 0 Å². The fourth-order valence-electron chi connectivity index (χ4n) is 1.15. The van der Waals surface area contributed by atoms with Crippen LogP contribution in [-0.2, 0) is 4.57 Å².